The van der Waals surface area contributed by atoms with Crippen LogP contribution in [0.4, 0.5) is 0 Å². The van der Waals surface area contributed by atoms with Gasteiger partial charge in [0.05, 0.1) is 16.8 Å². The molecule has 0 radical (unpaired) electrons. The quantitative estimate of drug-likeness (QED) is 0.709. The molecule has 0 saturated carbocycles. The van der Waals surface area contributed by atoms with Crippen molar-refractivity contribution in [3.05, 3.63) is 0 Å². The van der Waals surface area contributed by atoms with Crippen LogP contribution < -0.4 is 4.72 Å². The summed E-state index contributed by atoms with van der Waals surface area (Å²) in [7, 11) is -6.52. The van der Waals surface area contributed by atoms with Crippen LogP contribution in [0, 0.1) is 5.92 Å². The maximum absolute atomic E-state index is 12.1. The summed E-state index contributed by atoms with van der Waals surface area (Å²) in [5, 5.41) is -0.844. The van der Waals surface area contributed by atoms with E-state index in [4.69, 9.17) is 11.6 Å². The summed E-state index contributed by atoms with van der Waals surface area (Å²) < 4.78 is 49.5. The Labute approximate surface area is 127 Å². The van der Waals surface area contributed by atoms with E-state index in [9.17, 15) is 16.8 Å². The minimum absolute atomic E-state index is 0.0462. The molecule has 0 spiro atoms. The van der Waals surface area contributed by atoms with Gasteiger partial charge in [-0.2, -0.15) is 0 Å². The number of sulfonamides is 1. The molecule has 0 amide bonds. The smallest absolute Gasteiger partial charge is 0.214 e. The normalized spacial score (nSPS) is 22.0. The standard InChI is InChI=1S/C12H24ClNO4S2/c1-3-10(4-2)12(13)9-14-20(17,18)11-5-7-19(15,16)8-6-11/h10-12,14H,3-9H2,1-2H3. The third-order valence-electron chi connectivity index (χ3n) is 3.98. The van der Waals surface area contributed by atoms with Crippen molar-refractivity contribution in [2.45, 2.75) is 50.2 Å². The summed E-state index contributed by atoms with van der Waals surface area (Å²) in [6, 6.07) is 0. The van der Waals surface area contributed by atoms with E-state index in [0.29, 0.717) is 0 Å². The first-order valence-corrected chi connectivity index (χ1v) is 10.8. The summed E-state index contributed by atoms with van der Waals surface area (Å²) in [4.78, 5) is 0. The molecule has 120 valence electrons. The van der Waals surface area contributed by atoms with Crippen LogP contribution >= 0.6 is 11.6 Å². The SMILES string of the molecule is CCC(CC)C(Cl)CNS(=O)(=O)C1CCS(=O)(=O)CC1. The Morgan fingerprint density at radius 3 is 2.15 bits per heavy atom. The lowest BCUT2D eigenvalue weighted by atomic mass is 9.99. The van der Waals surface area contributed by atoms with E-state index < -0.39 is 25.1 Å². The van der Waals surface area contributed by atoms with Gasteiger partial charge < -0.3 is 0 Å². The third-order valence-corrected chi connectivity index (χ3v) is 8.12. The van der Waals surface area contributed by atoms with Crippen molar-refractivity contribution in [2.24, 2.45) is 5.92 Å². The van der Waals surface area contributed by atoms with Crippen molar-refractivity contribution in [2.75, 3.05) is 18.1 Å². The maximum Gasteiger partial charge on any atom is 0.214 e. The Hall–Kier alpha value is 0.150. The average molecular weight is 346 g/mol. The lowest BCUT2D eigenvalue weighted by Crippen LogP contribution is -2.42. The average Bonchev–Trinajstić information content (AvgIpc) is 2.37. The molecule has 5 nitrogen and oxygen atoms in total. The fourth-order valence-electron chi connectivity index (χ4n) is 2.46. The first kappa shape index (κ1) is 18.2. The van der Waals surface area contributed by atoms with E-state index in [1.54, 1.807) is 0 Å². The van der Waals surface area contributed by atoms with Crippen LogP contribution in [-0.4, -0.2) is 45.5 Å². The molecule has 0 aromatic heterocycles. The molecule has 1 saturated heterocycles. The highest BCUT2D eigenvalue weighted by molar-refractivity contribution is 7.92. The molecule has 1 heterocycles. The number of halogens is 1. The van der Waals surface area contributed by atoms with Crippen molar-refractivity contribution >= 4 is 31.5 Å². The highest BCUT2D eigenvalue weighted by Crippen LogP contribution is 2.21. The number of hydrogen-bond acceptors (Lipinski definition) is 4. The number of hydrogen-bond donors (Lipinski definition) is 1. The largest absolute Gasteiger partial charge is 0.229 e. The molecule has 0 aliphatic carbocycles. The fourth-order valence-corrected chi connectivity index (χ4v) is 6.28. The molecule has 1 unspecified atom stereocenters. The van der Waals surface area contributed by atoms with E-state index >= 15 is 0 Å². The topological polar surface area (TPSA) is 80.3 Å². The van der Waals surface area contributed by atoms with Crippen LogP contribution in [0.2, 0.25) is 0 Å². The van der Waals surface area contributed by atoms with Gasteiger partial charge >= 0.3 is 0 Å². The molecule has 0 bridgehead atoms. The second-order valence-electron chi connectivity index (χ2n) is 5.34. The van der Waals surface area contributed by atoms with Gasteiger partial charge in [-0.15, -0.1) is 11.6 Å². The van der Waals surface area contributed by atoms with Crippen LogP contribution in [-0.2, 0) is 19.9 Å². The van der Waals surface area contributed by atoms with Crippen LogP contribution in [0.1, 0.15) is 39.5 Å². The van der Waals surface area contributed by atoms with Gasteiger partial charge in [0.2, 0.25) is 10.0 Å². The van der Waals surface area contributed by atoms with Crippen molar-refractivity contribution in [1.82, 2.24) is 4.72 Å². The Balaban J connectivity index is 2.54. The molecule has 0 aromatic carbocycles. The number of sulfone groups is 1. The van der Waals surface area contributed by atoms with Gasteiger partial charge in [-0.3, -0.25) is 0 Å². The first-order chi connectivity index (χ1) is 9.22. The first-order valence-electron chi connectivity index (χ1n) is 7.04. The zero-order valence-electron chi connectivity index (χ0n) is 12.0. The minimum Gasteiger partial charge on any atom is -0.229 e. The van der Waals surface area contributed by atoms with Gasteiger partial charge in [0.1, 0.15) is 9.84 Å². The fraction of sp³-hybridized carbons (Fsp3) is 1.00. The van der Waals surface area contributed by atoms with E-state index in [-0.39, 0.29) is 42.2 Å². The monoisotopic (exact) mass is 345 g/mol. The third kappa shape index (κ3) is 5.16. The Kier molecular flexibility index (Phi) is 6.76. The molecular formula is C12H24ClNO4S2. The predicted octanol–water partition coefficient (Wildman–Crippen LogP) is 1.53. The lowest BCUT2D eigenvalue weighted by molar-refractivity contribution is 0.458. The molecule has 20 heavy (non-hydrogen) atoms. The van der Waals surface area contributed by atoms with Gasteiger partial charge in [-0.1, -0.05) is 26.7 Å². The van der Waals surface area contributed by atoms with Crippen molar-refractivity contribution in [3.63, 3.8) is 0 Å². The molecule has 8 heteroatoms. The predicted molar refractivity (Wildman–Crippen MR) is 82.3 cm³/mol. The summed E-state index contributed by atoms with van der Waals surface area (Å²) >= 11 is 6.21. The van der Waals surface area contributed by atoms with E-state index in [1.807, 2.05) is 13.8 Å². The Morgan fingerprint density at radius 2 is 1.70 bits per heavy atom. The Bertz CT molecular complexity index is 486. The van der Waals surface area contributed by atoms with Crippen molar-refractivity contribution in [1.29, 1.82) is 0 Å². The van der Waals surface area contributed by atoms with E-state index in [2.05, 4.69) is 4.72 Å². The minimum atomic E-state index is -3.48. The number of alkyl halides is 1. The molecule has 1 aliphatic heterocycles. The van der Waals surface area contributed by atoms with Crippen molar-refractivity contribution in [3.8, 4) is 0 Å². The van der Waals surface area contributed by atoms with Gasteiger partial charge in [0.25, 0.3) is 0 Å². The van der Waals surface area contributed by atoms with Crippen LogP contribution in [0.25, 0.3) is 0 Å². The number of rotatable bonds is 7. The Morgan fingerprint density at radius 1 is 1.20 bits per heavy atom. The van der Waals surface area contributed by atoms with Crippen LogP contribution in [0.5, 0.6) is 0 Å². The van der Waals surface area contributed by atoms with Gasteiger partial charge in [0, 0.05) is 11.9 Å². The van der Waals surface area contributed by atoms with Gasteiger partial charge in [-0.25, -0.2) is 21.6 Å². The zero-order valence-corrected chi connectivity index (χ0v) is 14.4. The molecule has 1 rings (SSSR count). The van der Waals surface area contributed by atoms with E-state index in [0.717, 1.165) is 12.8 Å². The lowest BCUT2D eigenvalue weighted by Gasteiger charge is -2.24. The summed E-state index contributed by atoms with van der Waals surface area (Å²) in [5.41, 5.74) is 0. The highest BCUT2D eigenvalue weighted by Gasteiger charge is 2.33. The zero-order chi connectivity index (χ0) is 15.4. The maximum atomic E-state index is 12.1. The van der Waals surface area contributed by atoms with Crippen LogP contribution in [0.3, 0.4) is 0 Å². The summed E-state index contributed by atoms with van der Waals surface area (Å²) in [5.74, 6) is 0.191. The molecule has 1 N–H and O–H groups in total. The van der Waals surface area contributed by atoms with Crippen molar-refractivity contribution < 1.29 is 16.8 Å². The second-order valence-corrected chi connectivity index (χ2v) is 10.2. The van der Waals surface area contributed by atoms with Crippen LogP contribution in [0.15, 0.2) is 0 Å². The van der Waals surface area contributed by atoms with Gasteiger partial charge in [-0.05, 0) is 18.8 Å². The molecule has 0 aromatic rings. The van der Waals surface area contributed by atoms with E-state index in [1.165, 1.54) is 0 Å². The molecule has 1 fully saturated rings. The molecule has 1 atom stereocenters. The summed E-state index contributed by atoms with van der Waals surface area (Å²) in [6.45, 7) is 4.27. The second kappa shape index (κ2) is 7.42. The van der Waals surface area contributed by atoms with Gasteiger partial charge in [0.15, 0.2) is 0 Å². The number of nitrogens with one attached hydrogen (secondary N) is 1. The molecule has 1 aliphatic rings. The highest BCUT2D eigenvalue weighted by atomic mass is 35.5. The summed E-state index contributed by atoms with van der Waals surface area (Å²) in [6.07, 6.45) is 2.17. The molecular weight excluding hydrogens is 322 g/mol.